The summed E-state index contributed by atoms with van der Waals surface area (Å²) in [4.78, 5) is 8.34. The van der Waals surface area contributed by atoms with E-state index in [0.29, 0.717) is 12.3 Å². The van der Waals surface area contributed by atoms with Crippen molar-refractivity contribution in [2.45, 2.75) is 52.2 Å². The van der Waals surface area contributed by atoms with Crippen LogP contribution in [0.15, 0.2) is 12.4 Å². The van der Waals surface area contributed by atoms with E-state index in [1.54, 1.807) is 12.4 Å². The molecular weight excluding hydrogens is 204 g/mol. The molecule has 1 N–H and O–H groups in total. The van der Waals surface area contributed by atoms with Crippen molar-refractivity contribution in [2.75, 3.05) is 0 Å². The Morgan fingerprint density at radius 1 is 1.38 bits per heavy atom. The monoisotopic (exact) mass is 224 g/mol. The van der Waals surface area contributed by atoms with Crippen LogP contribution >= 0.6 is 0 Å². The van der Waals surface area contributed by atoms with Crippen LogP contribution in [-0.4, -0.2) is 27.3 Å². The van der Waals surface area contributed by atoms with Crippen molar-refractivity contribution in [3.63, 3.8) is 0 Å². The zero-order chi connectivity index (χ0) is 12.0. The van der Waals surface area contributed by atoms with Crippen LogP contribution in [-0.2, 0) is 6.42 Å². The van der Waals surface area contributed by atoms with Gasteiger partial charge in [-0.15, -0.1) is 0 Å². The maximum absolute atomic E-state index is 9.67. The fraction of sp³-hybridized carbons (Fsp3) is 0.667. The zero-order valence-electron chi connectivity index (χ0n) is 10.2. The fourth-order valence-corrected chi connectivity index (χ4v) is 1.46. The van der Waals surface area contributed by atoms with Gasteiger partial charge in [-0.1, -0.05) is 13.3 Å². The summed E-state index contributed by atoms with van der Waals surface area (Å²) in [6, 6.07) is 0. The van der Waals surface area contributed by atoms with E-state index in [2.05, 4.69) is 9.97 Å². The van der Waals surface area contributed by atoms with Crippen molar-refractivity contribution in [1.82, 2.24) is 9.97 Å². The van der Waals surface area contributed by atoms with E-state index in [-0.39, 0.29) is 12.2 Å². The van der Waals surface area contributed by atoms with Crippen LogP contribution in [0.5, 0.6) is 5.88 Å². The summed E-state index contributed by atoms with van der Waals surface area (Å²) in [5.74, 6) is 0.524. The highest BCUT2D eigenvalue weighted by atomic mass is 16.5. The number of aliphatic hydroxyl groups is 1. The molecule has 4 heteroatoms. The predicted octanol–water partition coefficient (Wildman–Crippen LogP) is 1.97. The molecule has 16 heavy (non-hydrogen) atoms. The van der Waals surface area contributed by atoms with Gasteiger partial charge in [0.05, 0.1) is 24.1 Å². The van der Waals surface area contributed by atoms with Gasteiger partial charge in [0.1, 0.15) is 0 Å². The van der Waals surface area contributed by atoms with E-state index in [9.17, 15) is 5.11 Å². The van der Waals surface area contributed by atoms with Crippen LogP contribution in [0.4, 0.5) is 0 Å². The smallest absolute Gasteiger partial charge is 0.232 e. The molecule has 0 spiro atoms. The molecule has 0 aliphatic carbocycles. The average Bonchev–Trinajstić information content (AvgIpc) is 2.17. The van der Waals surface area contributed by atoms with E-state index < -0.39 is 0 Å². The lowest BCUT2D eigenvalue weighted by atomic mass is 10.1. The summed E-state index contributed by atoms with van der Waals surface area (Å²) in [7, 11) is 0. The summed E-state index contributed by atoms with van der Waals surface area (Å²) in [5, 5.41) is 9.67. The standard InChI is InChI=1S/C12H20N2O2/c1-4-5-11(15)6-10-7-13-8-12(14-10)16-9(2)3/h7-9,11,15H,4-6H2,1-3H3. The van der Waals surface area contributed by atoms with Crippen molar-refractivity contribution in [1.29, 1.82) is 0 Å². The Balaban J connectivity index is 2.59. The minimum atomic E-state index is -0.339. The number of aliphatic hydroxyl groups excluding tert-OH is 1. The molecule has 0 saturated heterocycles. The van der Waals surface area contributed by atoms with Crippen LogP contribution in [0, 0.1) is 0 Å². The zero-order valence-corrected chi connectivity index (χ0v) is 10.2. The van der Waals surface area contributed by atoms with Gasteiger partial charge in [-0.25, -0.2) is 4.98 Å². The van der Waals surface area contributed by atoms with E-state index >= 15 is 0 Å². The molecule has 0 fully saturated rings. The molecule has 90 valence electrons. The van der Waals surface area contributed by atoms with Crippen LogP contribution in [0.3, 0.4) is 0 Å². The van der Waals surface area contributed by atoms with Gasteiger partial charge in [-0.3, -0.25) is 4.98 Å². The molecule has 0 radical (unpaired) electrons. The summed E-state index contributed by atoms with van der Waals surface area (Å²) in [6.45, 7) is 5.94. The molecule has 0 bridgehead atoms. The third kappa shape index (κ3) is 4.57. The molecule has 0 aromatic carbocycles. The van der Waals surface area contributed by atoms with Crippen molar-refractivity contribution in [3.8, 4) is 5.88 Å². The number of rotatable bonds is 6. The second-order valence-electron chi connectivity index (χ2n) is 4.16. The molecular formula is C12H20N2O2. The molecule has 1 atom stereocenters. The molecule has 1 unspecified atom stereocenters. The topological polar surface area (TPSA) is 55.2 Å². The predicted molar refractivity (Wildman–Crippen MR) is 62.4 cm³/mol. The lowest BCUT2D eigenvalue weighted by Crippen LogP contribution is -2.13. The minimum absolute atomic E-state index is 0.0881. The van der Waals surface area contributed by atoms with Crippen molar-refractivity contribution >= 4 is 0 Å². The minimum Gasteiger partial charge on any atom is -0.474 e. The first-order chi connectivity index (χ1) is 7.61. The average molecular weight is 224 g/mol. The molecule has 0 aliphatic rings. The van der Waals surface area contributed by atoms with Gasteiger partial charge in [-0.05, 0) is 20.3 Å². The van der Waals surface area contributed by atoms with E-state index in [0.717, 1.165) is 18.5 Å². The Morgan fingerprint density at radius 3 is 2.75 bits per heavy atom. The Hall–Kier alpha value is -1.16. The molecule has 1 aromatic rings. The van der Waals surface area contributed by atoms with Gasteiger partial charge in [0.2, 0.25) is 5.88 Å². The fourth-order valence-electron chi connectivity index (χ4n) is 1.46. The van der Waals surface area contributed by atoms with E-state index in [4.69, 9.17) is 4.74 Å². The number of nitrogens with zero attached hydrogens (tertiary/aromatic N) is 2. The number of aromatic nitrogens is 2. The molecule has 0 amide bonds. The van der Waals surface area contributed by atoms with Gasteiger partial charge >= 0.3 is 0 Å². The largest absolute Gasteiger partial charge is 0.474 e. The summed E-state index contributed by atoms with van der Waals surface area (Å²) >= 11 is 0. The first kappa shape index (κ1) is 12.9. The van der Waals surface area contributed by atoms with Gasteiger partial charge in [0.15, 0.2) is 0 Å². The second-order valence-corrected chi connectivity index (χ2v) is 4.16. The SMILES string of the molecule is CCCC(O)Cc1cncc(OC(C)C)n1. The van der Waals surface area contributed by atoms with Gasteiger partial charge < -0.3 is 9.84 Å². The molecule has 1 rings (SSSR count). The Bertz CT molecular complexity index is 316. The molecule has 1 aromatic heterocycles. The van der Waals surface area contributed by atoms with Crippen molar-refractivity contribution in [2.24, 2.45) is 0 Å². The Morgan fingerprint density at radius 2 is 2.12 bits per heavy atom. The Kier molecular flexibility index (Phi) is 5.19. The number of ether oxygens (including phenoxy) is 1. The lowest BCUT2D eigenvalue weighted by Gasteiger charge is -2.11. The highest BCUT2D eigenvalue weighted by Gasteiger charge is 2.07. The number of hydrogen-bond acceptors (Lipinski definition) is 4. The summed E-state index contributed by atoms with van der Waals surface area (Å²) in [6.07, 6.45) is 5.31. The normalized spacial score (nSPS) is 12.8. The molecule has 0 saturated carbocycles. The van der Waals surface area contributed by atoms with Gasteiger partial charge in [0, 0.05) is 12.6 Å². The van der Waals surface area contributed by atoms with Crippen LogP contribution < -0.4 is 4.74 Å². The quantitative estimate of drug-likeness (QED) is 0.802. The highest BCUT2D eigenvalue weighted by molar-refractivity contribution is 5.09. The lowest BCUT2D eigenvalue weighted by molar-refractivity contribution is 0.162. The number of hydrogen-bond donors (Lipinski definition) is 1. The third-order valence-corrected chi connectivity index (χ3v) is 2.09. The maximum atomic E-state index is 9.67. The summed E-state index contributed by atoms with van der Waals surface area (Å²) < 4.78 is 5.44. The summed E-state index contributed by atoms with van der Waals surface area (Å²) in [5.41, 5.74) is 0.777. The van der Waals surface area contributed by atoms with Gasteiger partial charge in [0.25, 0.3) is 0 Å². The Labute approximate surface area is 96.7 Å². The molecule has 0 aliphatic heterocycles. The maximum Gasteiger partial charge on any atom is 0.232 e. The first-order valence-corrected chi connectivity index (χ1v) is 5.77. The van der Waals surface area contributed by atoms with E-state index in [1.165, 1.54) is 0 Å². The van der Waals surface area contributed by atoms with Gasteiger partial charge in [-0.2, -0.15) is 0 Å². The second kappa shape index (κ2) is 6.43. The van der Waals surface area contributed by atoms with Crippen molar-refractivity contribution < 1.29 is 9.84 Å². The molecule has 1 heterocycles. The van der Waals surface area contributed by atoms with Crippen molar-refractivity contribution in [3.05, 3.63) is 18.1 Å². The van der Waals surface area contributed by atoms with Crippen LogP contribution in [0.25, 0.3) is 0 Å². The third-order valence-electron chi connectivity index (χ3n) is 2.09. The van der Waals surface area contributed by atoms with E-state index in [1.807, 2.05) is 20.8 Å². The van der Waals surface area contributed by atoms with Crippen LogP contribution in [0.2, 0.25) is 0 Å². The first-order valence-electron chi connectivity index (χ1n) is 5.77. The highest BCUT2D eigenvalue weighted by Crippen LogP contribution is 2.10. The van der Waals surface area contributed by atoms with Crippen LogP contribution in [0.1, 0.15) is 39.3 Å². The molecule has 4 nitrogen and oxygen atoms in total.